The fraction of sp³-hybridized carbons (Fsp3) is 0.179. The first-order valence-corrected chi connectivity index (χ1v) is 11.7. The number of nitrogens with one attached hydrogen (secondary N) is 1. The molecule has 0 atom stereocenters. The standard InChI is InChI=1S/C28H26ClN3O4/c1-18-26(19(2)32(31-18)16-22-8-4-5-10-25(22)28(34)35-3)30-27(33)21-9-6-7-20(15-21)17-36-24-13-11-23(29)12-14-24/h4-15H,16-17H2,1-3H3,(H,30,33). The molecule has 0 unspecified atom stereocenters. The smallest absolute Gasteiger partial charge is 0.338 e. The van der Waals surface area contributed by atoms with E-state index in [1.54, 1.807) is 53.2 Å². The maximum atomic E-state index is 13.1. The maximum Gasteiger partial charge on any atom is 0.338 e. The van der Waals surface area contributed by atoms with Crippen LogP contribution in [0.2, 0.25) is 5.02 Å². The van der Waals surface area contributed by atoms with Crippen LogP contribution in [0.25, 0.3) is 0 Å². The Morgan fingerprint density at radius 1 is 1.00 bits per heavy atom. The van der Waals surface area contributed by atoms with Crippen molar-refractivity contribution in [1.29, 1.82) is 0 Å². The molecule has 1 N–H and O–H groups in total. The first-order chi connectivity index (χ1) is 17.4. The Hall–Kier alpha value is -4.10. The number of aromatic nitrogens is 2. The molecule has 0 aliphatic heterocycles. The van der Waals surface area contributed by atoms with Gasteiger partial charge in [-0.15, -0.1) is 0 Å². The molecule has 1 heterocycles. The molecule has 3 aromatic carbocycles. The Kier molecular flexibility index (Phi) is 7.71. The van der Waals surface area contributed by atoms with Crippen LogP contribution in [0.15, 0.2) is 72.8 Å². The van der Waals surface area contributed by atoms with Crippen LogP contribution in [0.1, 0.15) is 43.2 Å². The van der Waals surface area contributed by atoms with E-state index in [-0.39, 0.29) is 5.91 Å². The molecule has 4 rings (SSSR count). The van der Waals surface area contributed by atoms with Gasteiger partial charge in [0.25, 0.3) is 5.91 Å². The van der Waals surface area contributed by atoms with Crippen LogP contribution in [0.5, 0.6) is 5.75 Å². The molecule has 7 nitrogen and oxygen atoms in total. The minimum absolute atomic E-state index is 0.246. The Balaban J connectivity index is 1.48. The van der Waals surface area contributed by atoms with E-state index in [2.05, 4.69) is 10.4 Å². The lowest BCUT2D eigenvalue weighted by Crippen LogP contribution is -2.14. The number of carbonyl (C=O) groups is 2. The molecule has 0 saturated carbocycles. The zero-order valence-electron chi connectivity index (χ0n) is 20.2. The number of hydrogen-bond donors (Lipinski definition) is 1. The lowest BCUT2D eigenvalue weighted by molar-refractivity contribution is 0.0599. The topological polar surface area (TPSA) is 82.5 Å². The van der Waals surface area contributed by atoms with Gasteiger partial charge in [-0.05, 0) is 67.4 Å². The molecule has 0 aliphatic carbocycles. The summed E-state index contributed by atoms with van der Waals surface area (Å²) in [6.45, 7) is 4.40. The minimum atomic E-state index is -0.402. The van der Waals surface area contributed by atoms with Crippen LogP contribution < -0.4 is 10.1 Å². The number of esters is 1. The van der Waals surface area contributed by atoms with Gasteiger partial charge in [0.2, 0.25) is 0 Å². The van der Waals surface area contributed by atoms with E-state index in [1.165, 1.54) is 7.11 Å². The zero-order valence-corrected chi connectivity index (χ0v) is 21.0. The predicted octanol–water partition coefficient (Wildman–Crippen LogP) is 5.82. The summed E-state index contributed by atoms with van der Waals surface area (Å²) in [6, 6.07) is 21.6. The molecule has 0 spiro atoms. The number of anilines is 1. The lowest BCUT2D eigenvalue weighted by atomic mass is 10.1. The normalized spacial score (nSPS) is 10.7. The third-order valence-corrected chi connectivity index (χ3v) is 6.02. The van der Waals surface area contributed by atoms with Crippen molar-refractivity contribution in [1.82, 2.24) is 9.78 Å². The van der Waals surface area contributed by atoms with Gasteiger partial charge < -0.3 is 14.8 Å². The Morgan fingerprint density at radius 2 is 1.75 bits per heavy atom. The van der Waals surface area contributed by atoms with Gasteiger partial charge in [-0.3, -0.25) is 9.48 Å². The molecule has 0 bridgehead atoms. The summed E-state index contributed by atoms with van der Waals surface area (Å²) in [6.07, 6.45) is 0. The molecule has 184 valence electrons. The highest BCUT2D eigenvalue weighted by atomic mass is 35.5. The first-order valence-electron chi connectivity index (χ1n) is 11.3. The average molecular weight is 504 g/mol. The molecular formula is C28H26ClN3O4. The lowest BCUT2D eigenvalue weighted by Gasteiger charge is -2.11. The van der Waals surface area contributed by atoms with Crippen molar-refractivity contribution < 1.29 is 19.1 Å². The van der Waals surface area contributed by atoms with E-state index < -0.39 is 5.97 Å². The molecule has 8 heteroatoms. The SMILES string of the molecule is COC(=O)c1ccccc1Cn1nc(C)c(NC(=O)c2cccc(COc3ccc(Cl)cc3)c2)c1C. The van der Waals surface area contributed by atoms with Crippen LogP contribution in [-0.2, 0) is 17.9 Å². The summed E-state index contributed by atoms with van der Waals surface area (Å²) in [5.74, 6) is 0.0475. The van der Waals surface area contributed by atoms with Gasteiger partial charge in [-0.2, -0.15) is 5.10 Å². The molecular weight excluding hydrogens is 478 g/mol. The van der Waals surface area contributed by atoms with Crippen LogP contribution in [-0.4, -0.2) is 28.8 Å². The third kappa shape index (κ3) is 5.75. The van der Waals surface area contributed by atoms with Crippen molar-refractivity contribution in [2.75, 3.05) is 12.4 Å². The van der Waals surface area contributed by atoms with E-state index >= 15 is 0 Å². The number of hydrogen-bond acceptors (Lipinski definition) is 5. The Labute approximate surface area is 214 Å². The number of halogens is 1. The average Bonchev–Trinajstić information content (AvgIpc) is 3.15. The van der Waals surface area contributed by atoms with E-state index in [0.29, 0.717) is 46.4 Å². The van der Waals surface area contributed by atoms with Gasteiger partial charge in [0.1, 0.15) is 12.4 Å². The number of carbonyl (C=O) groups excluding carboxylic acids is 2. The maximum absolute atomic E-state index is 13.1. The van der Waals surface area contributed by atoms with Crippen LogP contribution in [0, 0.1) is 13.8 Å². The van der Waals surface area contributed by atoms with E-state index in [9.17, 15) is 9.59 Å². The molecule has 0 aliphatic rings. The molecule has 1 aromatic heterocycles. The number of benzene rings is 3. The monoisotopic (exact) mass is 503 g/mol. The molecule has 0 saturated heterocycles. The predicted molar refractivity (Wildman–Crippen MR) is 139 cm³/mol. The molecule has 1 amide bonds. The summed E-state index contributed by atoms with van der Waals surface area (Å²) in [7, 11) is 1.36. The van der Waals surface area contributed by atoms with Gasteiger partial charge in [0.05, 0.1) is 36.3 Å². The van der Waals surface area contributed by atoms with Crippen molar-refractivity contribution in [3.05, 3.63) is 111 Å². The second-order valence-corrected chi connectivity index (χ2v) is 8.69. The number of methoxy groups -OCH3 is 1. The fourth-order valence-electron chi connectivity index (χ4n) is 3.85. The summed E-state index contributed by atoms with van der Waals surface area (Å²) in [4.78, 5) is 25.2. The van der Waals surface area contributed by atoms with Gasteiger partial charge in [-0.1, -0.05) is 41.9 Å². The zero-order chi connectivity index (χ0) is 25.7. The largest absolute Gasteiger partial charge is 0.489 e. The highest BCUT2D eigenvalue weighted by molar-refractivity contribution is 6.30. The quantitative estimate of drug-likeness (QED) is 0.306. The van der Waals surface area contributed by atoms with Crippen LogP contribution in [0.4, 0.5) is 5.69 Å². The van der Waals surface area contributed by atoms with Crippen molar-refractivity contribution >= 4 is 29.2 Å². The third-order valence-electron chi connectivity index (χ3n) is 5.77. The molecule has 0 radical (unpaired) electrons. The second-order valence-electron chi connectivity index (χ2n) is 8.25. The van der Waals surface area contributed by atoms with Crippen molar-refractivity contribution in [2.45, 2.75) is 27.0 Å². The Bertz CT molecular complexity index is 1400. The van der Waals surface area contributed by atoms with E-state index in [1.807, 2.05) is 38.1 Å². The highest BCUT2D eigenvalue weighted by Gasteiger charge is 2.18. The van der Waals surface area contributed by atoms with Gasteiger partial charge >= 0.3 is 5.97 Å². The number of aryl methyl sites for hydroxylation is 1. The van der Waals surface area contributed by atoms with Crippen LogP contribution >= 0.6 is 11.6 Å². The van der Waals surface area contributed by atoms with Gasteiger partial charge in [0.15, 0.2) is 0 Å². The highest BCUT2D eigenvalue weighted by Crippen LogP contribution is 2.23. The molecule has 36 heavy (non-hydrogen) atoms. The number of rotatable bonds is 8. The summed E-state index contributed by atoms with van der Waals surface area (Å²) < 4.78 is 12.5. The first kappa shape index (κ1) is 25.0. The summed E-state index contributed by atoms with van der Waals surface area (Å²) >= 11 is 5.92. The number of ether oxygens (including phenoxy) is 2. The Morgan fingerprint density at radius 3 is 2.50 bits per heavy atom. The summed E-state index contributed by atoms with van der Waals surface area (Å²) in [5, 5.41) is 8.21. The van der Waals surface area contributed by atoms with Crippen molar-refractivity contribution in [3.63, 3.8) is 0 Å². The molecule has 4 aromatic rings. The number of amides is 1. The summed E-state index contributed by atoms with van der Waals surface area (Å²) in [5.41, 5.74) is 4.73. The van der Waals surface area contributed by atoms with Crippen molar-refractivity contribution in [3.8, 4) is 5.75 Å². The van der Waals surface area contributed by atoms with Crippen LogP contribution in [0.3, 0.4) is 0 Å². The van der Waals surface area contributed by atoms with E-state index in [4.69, 9.17) is 21.1 Å². The fourth-order valence-corrected chi connectivity index (χ4v) is 3.97. The second kappa shape index (κ2) is 11.1. The molecule has 0 fully saturated rings. The van der Waals surface area contributed by atoms with Gasteiger partial charge in [0, 0.05) is 10.6 Å². The van der Waals surface area contributed by atoms with Gasteiger partial charge in [-0.25, -0.2) is 4.79 Å². The van der Waals surface area contributed by atoms with E-state index in [0.717, 1.165) is 16.8 Å². The number of nitrogens with zero attached hydrogens (tertiary/aromatic N) is 2. The van der Waals surface area contributed by atoms with Crippen molar-refractivity contribution in [2.24, 2.45) is 0 Å². The minimum Gasteiger partial charge on any atom is -0.489 e.